The quantitative estimate of drug-likeness (QED) is 0.886. The van der Waals surface area contributed by atoms with Crippen LogP contribution in [0.2, 0.25) is 0 Å². The van der Waals surface area contributed by atoms with Gasteiger partial charge in [0.2, 0.25) is 0 Å². The minimum absolute atomic E-state index is 0.196. The van der Waals surface area contributed by atoms with Crippen molar-refractivity contribution in [1.29, 1.82) is 0 Å². The molecule has 2 aromatic rings. The Morgan fingerprint density at radius 1 is 1.50 bits per heavy atom. The minimum atomic E-state index is -0.981. The van der Waals surface area contributed by atoms with Crippen molar-refractivity contribution < 1.29 is 14.6 Å². The van der Waals surface area contributed by atoms with Gasteiger partial charge in [-0.05, 0) is 18.2 Å². The van der Waals surface area contributed by atoms with Crippen molar-refractivity contribution in [1.82, 2.24) is 14.8 Å². The summed E-state index contributed by atoms with van der Waals surface area (Å²) in [5.74, 6) is 0.343. The van der Waals surface area contributed by atoms with Crippen LogP contribution in [0.5, 0.6) is 5.75 Å². The van der Waals surface area contributed by atoms with Gasteiger partial charge >= 0.3 is 5.97 Å². The fourth-order valence-corrected chi connectivity index (χ4v) is 1.71. The summed E-state index contributed by atoms with van der Waals surface area (Å²) in [5, 5.41) is 16.8. The number of ether oxygens (including phenoxy) is 1. The summed E-state index contributed by atoms with van der Waals surface area (Å²) in [6, 6.07) is 4.67. The van der Waals surface area contributed by atoms with Crippen LogP contribution in [-0.4, -0.2) is 33.0 Å². The summed E-state index contributed by atoms with van der Waals surface area (Å²) in [4.78, 5) is 11.0. The van der Waals surface area contributed by atoms with E-state index in [-0.39, 0.29) is 5.56 Å². The molecule has 0 aliphatic heterocycles. The Bertz CT molecular complexity index is 578. The number of carboxylic acids is 1. The molecule has 0 amide bonds. The van der Waals surface area contributed by atoms with E-state index in [1.165, 1.54) is 13.2 Å². The maximum atomic E-state index is 11.0. The van der Waals surface area contributed by atoms with Gasteiger partial charge in [-0.3, -0.25) is 4.57 Å². The smallest absolute Gasteiger partial charge is 0.335 e. The minimum Gasteiger partial charge on any atom is -0.495 e. The molecule has 0 unspecified atom stereocenters. The molecule has 0 saturated carbocycles. The Labute approximate surface area is 104 Å². The molecule has 18 heavy (non-hydrogen) atoms. The van der Waals surface area contributed by atoms with Gasteiger partial charge in [-0.2, -0.15) is 0 Å². The van der Waals surface area contributed by atoms with Crippen molar-refractivity contribution in [2.24, 2.45) is 0 Å². The first-order valence-electron chi connectivity index (χ1n) is 5.48. The van der Waals surface area contributed by atoms with Crippen LogP contribution in [-0.2, 0) is 6.42 Å². The molecule has 0 spiro atoms. The zero-order valence-electron chi connectivity index (χ0n) is 10.1. The van der Waals surface area contributed by atoms with Crippen LogP contribution in [0.15, 0.2) is 24.5 Å². The molecule has 0 atom stereocenters. The second kappa shape index (κ2) is 4.87. The van der Waals surface area contributed by atoms with Crippen LogP contribution in [0.1, 0.15) is 23.1 Å². The van der Waals surface area contributed by atoms with E-state index in [0.29, 0.717) is 17.9 Å². The average molecular weight is 247 g/mol. The molecule has 0 bridgehead atoms. The number of methoxy groups -OCH3 is 1. The van der Waals surface area contributed by atoms with Crippen LogP contribution in [0, 0.1) is 0 Å². The summed E-state index contributed by atoms with van der Waals surface area (Å²) in [6.07, 6.45) is 2.24. The Morgan fingerprint density at radius 2 is 2.28 bits per heavy atom. The van der Waals surface area contributed by atoms with Gasteiger partial charge in [-0.1, -0.05) is 6.92 Å². The van der Waals surface area contributed by atoms with E-state index in [9.17, 15) is 4.79 Å². The zero-order valence-corrected chi connectivity index (χ0v) is 10.1. The lowest BCUT2D eigenvalue weighted by Gasteiger charge is -2.11. The normalized spacial score (nSPS) is 10.3. The Kier molecular flexibility index (Phi) is 3.27. The lowest BCUT2D eigenvalue weighted by molar-refractivity contribution is 0.0697. The third kappa shape index (κ3) is 2.04. The van der Waals surface area contributed by atoms with Gasteiger partial charge in [0.15, 0.2) is 0 Å². The maximum Gasteiger partial charge on any atom is 0.335 e. The zero-order chi connectivity index (χ0) is 13.1. The number of carbonyl (C=O) groups is 1. The van der Waals surface area contributed by atoms with Gasteiger partial charge in [0.05, 0.1) is 18.4 Å². The highest BCUT2D eigenvalue weighted by molar-refractivity contribution is 5.88. The van der Waals surface area contributed by atoms with E-state index in [0.717, 1.165) is 5.82 Å². The van der Waals surface area contributed by atoms with Crippen LogP contribution in [0.25, 0.3) is 5.69 Å². The number of aryl methyl sites for hydroxylation is 1. The molecule has 2 rings (SSSR count). The molecule has 0 aliphatic carbocycles. The first kappa shape index (κ1) is 12.1. The standard InChI is InChI=1S/C12H13N3O3/c1-3-11-14-13-7-15(11)9-6-8(12(16)17)4-5-10(9)18-2/h4-7H,3H2,1-2H3,(H,16,17). The van der Waals surface area contributed by atoms with Gasteiger partial charge in [0, 0.05) is 6.42 Å². The van der Waals surface area contributed by atoms with Gasteiger partial charge in [0.1, 0.15) is 17.9 Å². The highest BCUT2D eigenvalue weighted by atomic mass is 16.5. The van der Waals surface area contributed by atoms with Crippen molar-refractivity contribution in [3.8, 4) is 11.4 Å². The third-order valence-electron chi connectivity index (χ3n) is 2.62. The van der Waals surface area contributed by atoms with Crippen molar-refractivity contribution in [2.75, 3.05) is 7.11 Å². The Morgan fingerprint density at radius 3 is 2.89 bits per heavy atom. The third-order valence-corrected chi connectivity index (χ3v) is 2.62. The predicted octanol–water partition coefficient (Wildman–Crippen LogP) is 1.54. The van der Waals surface area contributed by atoms with Crippen molar-refractivity contribution in [3.63, 3.8) is 0 Å². The molecule has 94 valence electrons. The van der Waals surface area contributed by atoms with E-state index in [1.54, 1.807) is 23.0 Å². The highest BCUT2D eigenvalue weighted by Crippen LogP contribution is 2.25. The van der Waals surface area contributed by atoms with Crippen molar-refractivity contribution in [3.05, 3.63) is 35.9 Å². The first-order chi connectivity index (χ1) is 8.67. The van der Waals surface area contributed by atoms with E-state index in [4.69, 9.17) is 9.84 Å². The van der Waals surface area contributed by atoms with Gasteiger partial charge in [-0.25, -0.2) is 4.79 Å². The number of rotatable bonds is 4. The number of hydrogen-bond acceptors (Lipinski definition) is 4. The van der Waals surface area contributed by atoms with E-state index in [2.05, 4.69) is 10.2 Å². The summed E-state index contributed by atoms with van der Waals surface area (Å²) in [5.41, 5.74) is 0.820. The SMILES string of the molecule is CCc1nncn1-c1cc(C(=O)O)ccc1OC. The number of carboxylic acid groups (broad SMARTS) is 1. The summed E-state index contributed by atoms with van der Waals surface area (Å²) < 4.78 is 6.96. The number of benzene rings is 1. The number of aromatic nitrogens is 3. The second-order valence-electron chi connectivity index (χ2n) is 3.66. The molecule has 1 heterocycles. The molecule has 1 N–H and O–H groups in total. The Balaban J connectivity index is 2.60. The van der Waals surface area contributed by atoms with Gasteiger partial charge in [-0.15, -0.1) is 10.2 Å². The molecule has 6 nitrogen and oxygen atoms in total. The molecule has 0 fully saturated rings. The molecule has 0 aliphatic rings. The molecule has 6 heteroatoms. The number of aromatic carboxylic acids is 1. The fraction of sp³-hybridized carbons (Fsp3) is 0.250. The lowest BCUT2D eigenvalue weighted by atomic mass is 10.2. The average Bonchev–Trinajstić information content (AvgIpc) is 2.85. The fourth-order valence-electron chi connectivity index (χ4n) is 1.71. The number of hydrogen-bond donors (Lipinski definition) is 1. The number of nitrogens with zero attached hydrogens (tertiary/aromatic N) is 3. The van der Waals surface area contributed by atoms with Crippen LogP contribution >= 0.6 is 0 Å². The van der Waals surface area contributed by atoms with E-state index >= 15 is 0 Å². The van der Waals surface area contributed by atoms with Crippen LogP contribution in [0.4, 0.5) is 0 Å². The summed E-state index contributed by atoms with van der Waals surface area (Å²) in [6.45, 7) is 1.95. The molecule has 0 saturated heterocycles. The van der Waals surface area contributed by atoms with Gasteiger partial charge in [0.25, 0.3) is 0 Å². The van der Waals surface area contributed by atoms with E-state index < -0.39 is 5.97 Å². The molecule has 1 aromatic heterocycles. The molecular formula is C12H13N3O3. The van der Waals surface area contributed by atoms with E-state index in [1.807, 2.05) is 6.92 Å². The maximum absolute atomic E-state index is 11.0. The van der Waals surface area contributed by atoms with Crippen LogP contribution in [0.3, 0.4) is 0 Å². The van der Waals surface area contributed by atoms with Crippen LogP contribution < -0.4 is 4.74 Å². The second-order valence-corrected chi connectivity index (χ2v) is 3.66. The topological polar surface area (TPSA) is 77.2 Å². The summed E-state index contributed by atoms with van der Waals surface area (Å²) in [7, 11) is 1.54. The van der Waals surface area contributed by atoms with Crippen molar-refractivity contribution >= 4 is 5.97 Å². The lowest BCUT2D eigenvalue weighted by Crippen LogP contribution is -2.04. The largest absolute Gasteiger partial charge is 0.495 e. The Hall–Kier alpha value is -2.37. The molecule has 1 aromatic carbocycles. The van der Waals surface area contributed by atoms with Crippen molar-refractivity contribution in [2.45, 2.75) is 13.3 Å². The molecular weight excluding hydrogens is 234 g/mol. The molecule has 0 radical (unpaired) electrons. The first-order valence-corrected chi connectivity index (χ1v) is 5.48. The summed E-state index contributed by atoms with van der Waals surface area (Å²) >= 11 is 0. The van der Waals surface area contributed by atoms with Gasteiger partial charge < -0.3 is 9.84 Å². The monoisotopic (exact) mass is 247 g/mol. The predicted molar refractivity (Wildman–Crippen MR) is 64.2 cm³/mol. The highest BCUT2D eigenvalue weighted by Gasteiger charge is 2.13.